The first-order chi connectivity index (χ1) is 9.92. The molecule has 104 valence electrons. The third-order valence-corrected chi connectivity index (χ3v) is 3.85. The maximum absolute atomic E-state index is 5.94. The van der Waals surface area contributed by atoms with E-state index in [0.29, 0.717) is 12.6 Å². The van der Waals surface area contributed by atoms with E-state index in [-0.39, 0.29) is 0 Å². The predicted molar refractivity (Wildman–Crippen MR) is 73.7 cm³/mol. The van der Waals surface area contributed by atoms with Crippen molar-refractivity contribution in [1.82, 2.24) is 20.2 Å². The summed E-state index contributed by atoms with van der Waals surface area (Å²) in [5, 5.41) is 15.3. The van der Waals surface area contributed by atoms with Crippen LogP contribution in [0, 0.1) is 0 Å². The lowest BCUT2D eigenvalue weighted by molar-refractivity contribution is 0.287. The van der Waals surface area contributed by atoms with Gasteiger partial charge in [0.05, 0.1) is 11.7 Å². The fourth-order valence-corrected chi connectivity index (χ4v) is 2.65. The molecule has 4 rings (SSSR count). The normalized spacial score (nSPS) is 17.4. The summed E-state index contributed by atoms with van der Waals surface area (Å²) in [7, 11) is 0. The van der Waals surface area contributed by atoms with E-state index in [9.17, 15) is 0 Å². The monoisotopic (exact) mass is 271 g/mol. The molecule has 0 saturated heterocycles. The van der Waals surface area contributed by atoms with Crippen LogP contribution in [-0.2, 0) is 13.0 Å². The molecule has 1 N–H and O–H groups in total. The largest absolute Gasteiger partial charge is 0.483 e. The Hall–Kier alpha value is -2.11. The van der Waals surface area contributed by atoms with Gasteiger partial charge in [-0.3, -0.25) is 0 Å². The zero-order valence-corrected chi connectivity index (χ0v) is 11.2. The van der Waals surface area contributed by atoms with E-state index in [1.807, 2.05) is 16.8 Å². The van der Waals surface area contributed by atoms with Gasteiger partial charge in [0.2, 0.25) is 0 Å². The van der Waals surface area contributed by atoms with Gasteiger partial charge in [0, 0.05) is 6.54 Å². The molecule has 0 spiro atoms. The van der Waals surface area contributed by atoms with E-state index >= 15 is 0 Å². The van der Waals surface area contributed by atoms with Crippen molar-refractivity contribution in [2.75, 3.05) is 11.9 Å². The first-order valence-electron chi connectivity index (χ1n) is 7.17. The second-order valence-electron chi connectivity index (χ2n) is 5.38. The van der Waals surface area contributed by atoms with E-state index in [1.54, 1.807) is 0 Å². The molecule has 6 nitrogen and oxygen atoms in total. The van der Waals surface area contributed by atoms with Gasteiger partial charge in [-0.05, 0) is 47.7 Å². The number of para-hydroxylation sites is 1. The summed E-state index contributed by atoms with van der Waals surface area (Å²) in [5.41, 5.74) is 2.46. The third-order valence-electron chi connectivity index (χ3n) is 3.85. The van der Waals surface area contributed by atoms with Crippen molar-refractivity contribution in [3.8, 4) is 5.75 Å². The number of anilines is 1. The van der Waals surface area contributed by atoms with Crippen LogP contribution in [0.1, 0.15) is 36.7 Å². The van der Waals surface area contributed by atoms with E-state index in [0.717, 1.165) is 30.2 Å². The molecule has 2 heterocycles. The SMILES string of the molecule is c1cc2c(c(OCc3nnnn3C3CC3)c1)NCCC2. The minimum atomic E-state index is 0.418. The summed E-state index contributed by atoms with van der Waals surface area (Å²) >= 11 is 0. The number of hydrogen-bond acceptors (Lipinski definition) is 5. The summed E-state index contributed by atoms with van der Waals surface area (Å²) in [4.78, 5) is 0. The molecule has 0 atom stereocenters. The molecule has 6 heteroatoms. The highest BCUT2D eigenvalue weighted by Gasteiger charge is 2.28. The Balaban J connectivity index is 1.53. The standard InChI is InChI=1S/C14H17N5O/c1-3-10-4-2-8-15-14(10)12(5-1)20-9-13-16-17-18-19(13)11-6-7-11/h1,3,5,11,15H,2,4,6-9H2. The van der Waals surface area contributed by atoms with Crippen molar-refractivity contribution in [2.45, 2.75) is 38.3 Å². The molecule has 1 aliphatic heterocycles. The molecular formula is C14H17N5O. The van der Waals surface area contributed by atoms with Crippen molar-refractivity contribution in [2.24, 2.45) is 0 Å². The molecule has 1 aromatic carbocycles. The quantitative estimate of drug-likeness (QED) is 0.920. The first-order valence-corrected chi connectivity index (χ1v) is 7.17. The van der Waals surface area contributed by atoms with E-state index in [1.165, 1.54) is 24.8 Å². The number of nitrogens with zero attached hydrogens (tertiary/aromatic N) is 4. The minimum Gasteiger partial charge on any atom is -0.483 e. The second-order valence-corrected chi connectivity index (χ2v) is 5.38. The zero-order chi connectivity index (χ0) is 13.4. The third kappa shape index (κ3) is 2.11. The average Bonchev–Trinajstić information content (AvgIpc) is 3.24. The van der Waals surface area contributed by atoms with Crippen molar-refractivity contribution < 1.29 is 4.74 Å². The molecule has 1 fully saturated rings. The van der Waals surface area contributed by atoms with Crippen molar-refractivity contribution in [3.63, 3.8) is 0 Å². The molecule has 2 aromatic rings. The number of fused-ring (bicyclic) bond motifs is 1. The Morgan fingerprint density at radius 1 is 1.35 bits per heavy atom. The van der Waals surface area contributed by atoms with Crippen LogP contribution in [0.15, 0.2) is 18.2 Å². The lowest BCUT2D eigenvalue weighted by Crippen LogP contribution is -2.14. The molecule has 1 aromatic heterocycles. The van der Waals surface area contributed by atoms with Gasteiger partial charge in [0.25, 0.3) is 0 Å². The highest BCUT2D eigenvalue weighted by Crippen LogP contribution is 2.35. The Morgan fingerprint density at radius 3 is 3.20 bits per heavy atom. The molecule has 0 unspecified atom stereocenters. The molecule has 0 amide bonds. The summed E-state index contributed by atoms with van der Waals surface area (Å²) in [5.74, 6) is 1.70. The van der Waals surface area contributed by atoms with Crippen LogP contribution in [0.4, 0.5) is 5.69 Å². The fourth-order valence-electron chi connectivity index (χ4n) is 2.65. The number of ether oxygens (including phenoxy) is 1. The second kappa shape index (κ2) is 4.77. The van der Waals surface area contributed by atoms with Gasteiger partial charge in [-0.25, -0.2) is 4.68 Å². The van der Waals surface area contributed by atoms with Crippen LogP contribution >= 0.6 is 0 Å². The predicted octanol–water partition coefficient (Wildman–Crippen LogP) is 1.95. The molecule has 1 saturated carbocycles. The first kappa shape index (κ1) is 11.7. The van der Waals surface area contributed by atoms with Gasteiger partial charge >= 0.3 is 0 Å². The van der Waals surface area contributed by atoms with Gasteiger partial charge in [-0.1, -0.05) is 12.1 Å². The lowest BCUT2D eigenvalue weighted by Gasteiger charge is -2.21. The summed E-state index contributed by atoms with van der Waals surface area (Å²) in [6.45, 7) is 1.43. The van der Waals surface area contributed by atoms with Crippen LogP contribution < -0.4 is 10.1 Å². The highest BCUT2D eigenvalue weighted by molar-refractivity contribution is 5.63. The molecule has 0 radical (unpaired) electrons. The van der Waals surface area contributed by atoms with Gasteiger partial charge in [0.1, 0.15) is 12.4 Å². The van der Waals surface area contributed by atoms with Crippen LogP contribution in [0.25, 0.3) is 0 Å². The van der Waals surface area contributed by atoms with Gasteiger partial charge in [-0.2, -0.15) is 0 Å². The lowest BCUT2D eigenvalue weighted by atomic mass is 10.0. The molecule has 0 bridgehead atoms. The van der Waals surface area contributed by atoms with Crippen LogP contribution in [0.2, 0.25) is 0 Å². The number of rotatable bonds is 4. The van der Waals surface area contributed by atoms with Crippen molar-refractivity contribution >= 4 is 5.69 Å². The molecule has 1 aliphatic carbocycles. The smallest absolute Gasteiger partial charge is 0.189 e. The maximum Gasteiger partial charge on any atom is 0.189 e. The van der Waals surface area contributed by atoms with E-state index in [4.69, 9.17) is 4.74 Å². The van der Waals surface area contributed by atoms with Crippen LogP contribution in [0.5, 0.6) is 5.75 Å². The van der Waals surface area contributed by atoms with Gasteiger partial charge in [0.15, 0.2) is 5.82 Å². The number of hydrogen-bond donors (Lipinski definition) is 1. The number of tetrazole rings is 1. The Kier molecular flexibility index (Phi) is 2.79. The summed E-state index contributed by atoms with van der Waals surface area (Å²) in [6, 6.07) is 6.68. The van der Waals surface area contributed by atoms with Crippen molar-refractivity contribution in [1.29, 1.82) is 0 Å². The van der Waals surface area contributed by atoms with E-state index < -0.39 is 0 Å². The Bertz CT molecular complexity index is 620. The molecular weight excluding hydrogens is 254 g/mol. The topological polar surface area (TPSA) is 64.9 Å². The minimum absolute atomic E-state index is 0.418. The van der Waals surface area contributed by atoms with Crippen molar-refractivity contribution in [3.05, 3.63) is 29.6 Å². The zero-order valence-electron chi connectivity index (χ0n) is 11.2. The average molecular weight is 271 g/mol. The number of benzene rings is 1. The van der Waals surface area contributed by atoms with Gasteiger partial charge in [-0.15, -0.1) is 5.10 Å². The van der Waals surface area contributed by atoms with Crippen LogP contribution in [-0.4, -0.2) is 26.8 Å². The number of aryl methyl sites for hydroxylation is 1. The molecule has 20 heavy (non-hydrogen) atoms. The fraction of sp³-hybridized carbons (Fsp3) is 0.500. The van der Waals surface area contributed by atoms with Gasteiger partial charge < -0.3 is 10.1 Å². The number of nitrogens with one attached hydrogen (secondary N) is 1. The highest BCUT2D eigenvalue weighted by atomic mass is 16.5. The van der Waals surface area contributed by atoms with E-state index in [2.05, 4.69) is 26.9 Å². The number of aromatic nitrogens is 4. The molecule has 2 aliphatic rings. The summed E-state index contributed by atoms with van der Waals surface area (Å²) < 4.78 is 7.83. The Labute approximate surface area is 117 Å². The Morgan fingerprint density at radius 2 is 2.30 bits per heavy atom. The maximum atomic E-state index is 5.94. The van der Waals surface area contributed by atoms with Crippen LogP contribution in [0.3, 0.4) is 0 Å². The summed E-state index contributed by atoms with van der Waals surface area (Å²) in [6.07, 6.45) is 4.62.